The summed E-state index contributed by atoms with van der Waals surface area (Å²) in [5, 5.41) is 3.34. The molecular weight excluding hydrogens is 236 g/mol. The molecule has 0 spiro atoms. The number of nitrogens with zero attached hydrogens (tertiary/aromatic N) is 1. The minimum Gasteiger partial charge on any atom is -0.385 e. The van der Waals surface area contributed by atoms with Gasteiger partial charge in [-0.1, -0.05) is 6.07 Å². The van der Waals surface area contributed by atoms with Crippen molar-refractivity contribution in [3.8, 4) is 0 Å². The van der Waals surface area contributed by atoms with E-state index in [0.29, 0.717) is 0 Å². The van der Waals surface area contributed by atoms with E-state index in [1.165, 1.54) is 5.56 Å². The Morgan fingerprint density at radius 3 is 2.94 bits per heavy atom. The van der Waals surface area contributed by atoms with Crippen LogP contribution in [-0.4, -0.2) is 30.9 Å². The van der Waals surface area contributed by atoms with Crippen LogP contribution < -0.4 is 5.32 Å². The van der Waals surface area contributed by atoms with E-state index >= 15 is 0 Å². The number of fused-ring (bicyclic) bond motifs is 1. The van der Waals surface area contributed by atoms with E-state index in [1.807, 2.05) is 26.1 Å². The lowest BCUT2D eigenvalue weighted by Gasteiger charge is -2.23. The zero-order valence-electron chi connectivity index (χ0n) is 10.3. The summed E-state index contributed by atoms with van der Waals surface area (Å²) in [5.74, 6) is 0.128. The number of rotatable bonds is 2. The van der Waals surface area contributed by atoms with Gasteiger partial charge in [0.25, 0.3) is 5.91 Å². The average molecular weight is 255 g/mol. The van der Waals surface area contributed by atoms with E-state index in [9.17, 15) is 4.79 Å². The predicted molar refractivity (Wildman–Crippen MR) is 73.1 cm³/mol. The lowest BCUT2D eigenvalue weighted by atomic mass is 9.97. The van der Waals surface area contributed by atoms with E-state index in [2.05, 4.69) is 11.4 Å². The SMILES string of the molecule is CCN(C)C(=O)c1cccc2c1CCCN2.Cl. The normalized spacial score (nSPS) is 13.1. The monoisotopic (exact) mass is 254 g/mol. The number of hydrogen-bond acceptors (Lipinski definition) is 2. The van der Waals surface area contributed by atoms with Crippen LogP contribution in [0, 0.1) is 0 Å². The summed E-state index contributed by atoms with van der Waals surface area (Å²) in [7, 11) is 1.85. The molecule has 0 saturated heterocycles. The average Bonchev–Trinajstić information content (AvgIpc) is 2.36. The van der Waals surface area contributed by atoms with Gasteiger partial charge >= 0.3 is 0 Å². The largest absolute Gasteiger partial charge is 0.385 e. The van der Waals surface area contributed by atoms with Gasteiger partial charge in [0.2, 0.25) is 0 Å². The third-order valence-electron chi connectivity index (χ3n) is 3.15. The fourth-order valence-corrected chi connectivity index (χ4v) is 2.06. The second kappa shape index (κ2) is 5.92. The molecule has 1 N–H and O–H groups in total. The molecule has 0 atom stereocenters. The first kappa shape index (κ1) is 13.8. The highest BCUT2D eigenvalue weighted by Gasteiger charge is 2.18. The van der Waals surface area contributed by atoms with Gasteiger partial charge in [-0.15, -0.1) is 12.4 Å². The van der Waals surface area contributed by atoms with Gasteiger partial charge < -0.3 is 10.2 Å². The second-order valence-electron chi connectivity index (χ2n) is 4.18. The molecule has 0 radical (unpaired) electrons. The Balaban J connectivity index is 0.00000144. The van der Waals surface area contributed by atoms with E-state index < -0.39 is 0 Å². The summed E-state index contributed by atoms with van der Waals surface area (Å²) >= 11 is 0. The smallest absolute Gasteiger partial charge is 0.253 e. The molecule has 17 heavy (non-hydrogen) atoms. The molecule has 0 aliphatic carbocycles. The number of nitrogens with one attached hydrogen (secondary N) is 1. The van der Waals surface area contributed by atoms with E-state index in [1.54, 1.807) is 4.90 Å². The molecule has 0 fully saturated rings. The molecule has 4 heteroatoms. The molecular formula is C13H19ClN2O. The van der Waals surface area contributed by atoms with Crippen molar-refractivity contribution in [3.05, 3.63) is 29.3 Å². The molecule has 0 unspecified atom stereocenters. The van der Waals surface area contributed by atoms with Gasteiger partial charge in [0.05, 0.1) is 0 Å². The van der Waals surface area contributed by atoms with Crippen LogP contribution in [0.2, 0.25) is 0 Å². The third kappa shape index (κ3) is 2.72. The minimum atomic E-state index is 0. The highest BCUT2D eigenvalue weighted by Crippen LogP contribution is 2.25. The molecule has 1 aromatic rings. The number of carbonyl (C=O) groups is 1. The molecule has 0 saturated carbocycles. The third-order valence-corrected chi connectivity index (χ3v) is 3.15. The van der Waals surface area contributed by atoms with Crippen LogP contribution in [0.3, 0.4) is 0 Å². The number of anilines is 1. The van der Waals surface area contributed by atoms with Crippen LogP contribution in [0.5, 0.6) is 0 Å². The Morgan fingerprint density at radius 2 is 2.24 bits per heavy atom. The number of amides is 1. The summed E-state index contributed by atoms with van der Waals surface area (Å²) in [6.45, 7) is 3.75. The van der Waals surface area contributed by atoms with Crippen molar-refractivity contribution in [1.82, 2.24) is 4.90 Å². The fraction of sp³-hybridized carbons (Fsp3) is 0.462. The first-order valence-corrected chi connectivity index (χ1v) is 5.85. The topological polar surface area (TPSA) is 32.3 Å². The van der Waals surface area contributed by atoms with Crippen LogP contribution in [0.4, 0.5) is 5.69 Å². The van der Waals surface area contributed by atoms with Crippen molar-refractivity contribution in [2.45, 2.75) is 19.8 Å². The lowest BCUT2D eigenvalue weighted by Crippen LogP contribution is -2.28. The van der Waals surface area contributed by atoms with Crippen molar-refractivity contribution >= 4 is 24.0 Å². The molecule has 2 rings (SSSR count). The molecule has 1 amide bonds. The molecule has 1 aliphatic rings. The standard InChI is InChI=1S/C13H18N2O.ClH/c1-3-15(2)13(16)11-6-4-8-12-10(11)7-5-9-14-12;/h4,6,8,14H,3,5,7,9H2,1-2H3;1H. The maximum atomic E-state index is 12.1. The Kier molecular flexibility index (Phi) is 4.82. The van der Waals surface area contributed by atoms with Gasteiger partial charge in [-0.25, -0.2) is 0 Å². The maximum absolute atomic E-state index is 12.1. The Hall–Kier alpha value is -1.22. The number of carbonyl (C=O) groups excluding carboxylic acids is 1. The maximum Gasteiger partial charge on any atom is 0.253 e. The fourth-order valence-electron chi connectivity index (χ4n) is 2.06. The van der Waals surface area contributed by atoms with Gasteiger partial charge in [-0.2, -0.15) is 0 Å². The van der Waals surface area contributed by atoms with Crippen LogP contribution in [0.25, 0.3) is 0 Å². The van der Waals surface area contributed by atoms with Crippen LogP contribution in [-0.2, 0) is 6.42 Å². The number of hydrogen-bond donors (Lipinski definition) is 1. The molecule has 3 nitrogen and oxygen atoms in total. The predicted octanol–water partition coefficient (Wildman–Crippen LogP) is 2.56. The Morgan fingerprint density at radius 1 is 1.47 bits per heavy atom. The van der Waals surface area contributed by atoms with Crippen LogP contribution in [0.15, 0.2) is 18.2 Å². The molecule has 1 aromatic carbocycles. The van der Waals surface area contributed by atoms with Crippen molar-refractivity contribution in [1.29, 1.82) is 0 Å². The summed E-state index contributed by atoms with van der Waals surface area (Å²) < 4.78 is 0. The van der Waals surface area contributed by atoms with Gasteiger partial charge in [0, 0.05) is 31.4 Å². The van der Waals surface area contributed by atoms with Crippen molar-refractivity contribution in [2.24, 2.45) is 0 Å². The Bertz CT molecular complexity index is 406. The first-order chi connectivity index (χ1) is 7.74. The number of benzene rings is 1. The van der Waals surface area contributed by atoms with Gasteiger partial charge in [-0.05, 0) is 37.5 Å². The van der Waals surface area contributed by atoms with E-state index in [0.717, 1.165) is 37.2 Å². The van der Waals surface area contributed by atoms with E-state index in [-0.39, 0.29) is 18.3 Å². The Labute approximate surface area is 109 Å². The lowest BCUT2D eigenvalue weighted by molar-refractivity contribution is 0.0801. The summed E-state index contributed by atoms with van der Waals surface area (Å²) in [6.07, 6.45) is 2.11. The van der Waals surface area contributed by atoms with Gasteiger partial charge in [0.1, 0.15) is 0 Å². The minimum absolute atomic E-state index is 0. The van der Waals surface area contributed by atoms with Gasteiger partial charge in [-0.3, -0.25) is 4.79 Å². The zero-order chi connectivity index (χ0) is 11.5. The van der Waals surface area contributed by atoms with Crippen LogP contribution >= 0.6 is 12.4 Å². The van der Waals surface area contributed by atoms with Crippen molar-refractivity contribution in [2.75, 3.05) is 25.5 Å². The van der Waals surface area contributed by atoms with Gasteiger partial charge in [0.15, 0.2) is 0 Å². The molecule has 0 bridgehead atoms. The summed E-state index contributed by atoms with van der Waals surface area (Å²) in [4.78, 5) is 13.9. The molecule has 1 aliphatic heterocycles. The van der Waals surface area contributed by atoms with Crippen LogP contribution in [0.1, 0.15) is 29.3 Å². The summed E-state index contributed by atoms with van der Waals surface area (Å²) in [5.41, 5.74) is 3.16. The first-order valence-electron chi connectivity index (χ1n) is 5.85. The zero-order valence-corrected chi connectivity index (χ0v) is 11.1. The highest BCUT2D eigenvalue weighted by atomic mass is 35.5. The summed E-state index contributed by atoms with van der Waals surface area (Å²) in [6, 6.07) is 5.94. The second-order valence-corrected chi connectivity index (χ2v) is 4.18. The molecule has 1 heterocycles. The molecule has 94 valence electrons. The van der Waals surface area contributed by atoms with E-state index in [4.69, 9.17) is 0 Å². The highest BCUT2D eigenvalue weighted by molar-refractivity contribution is 5.97. The quantitative estimate of drug-likeness (QED) is 0.880. The number of halogens is 1. The van der Waals surface area contributed by atoms with Crippen molar-refractivity contribution < 1.29 is 4.79 Å². The van der Waals surface area contributed by atoms with Crippen molar-refractivity contribution in [3.63, 3.8) is 0 Å². The molecule has 0 aromatic heterocycles.